The van der Waals surface area contributed by atoms with Crippen molar-refractivity contribution < 1.29 is 4.98 Å². The minimum atomic E-state index is -0.178. The van der Waals surface area contributed by atoms with Gasteiger partial charge in [-0.3, -0.25) is 0 Å². The normalized spacial score (nSPS) is 11.9. The van der Waals surface area contributed by atoms with Crippen LogP contribution >= 0.6 is 11.3 Å². The summed E-state index contributed by atoms with van der Waals surface area (Å²) in [6.45, 7) is 2.02. The molecule has 6 rings (SSSR count). The van der Waals surface area contributed by atoms with Crippen molar-refractivity contribution in [1.82, 2.24) is 19.2 Å². The molecule has 0 aliphatic rings. The van der Waals surface area contributed by atoms with Crippen LogP contribution in [0, 0.1) is 6.92 Å². The quantitative estimate of drug-likeness (QED) is 0.393. The van der Waals surface area contributed by atoms with E-state index < -0.39 is 0 Å². The molecular formula is C24H17N6OS+. The number of H-pyrrole nitrogens is 1. The van der Waals surface area contributed by atoms with Gasteiger partial charge < -0.3 is 0 Å². The zero-order chi connectivity index (χ0) is 21.7. The maximum Gasteiger partial charge on any atom is 0.327 e. The minimum absolute atomic E-state index is 0.178. The first-order valence-corrected chi connectivity index (χ1v) is 11.0. The molecule has 1 N–H and O–H groups in total. The van der Waals surface area contributed by atoms with E-state index in [4.69, 9.17) is 9.97 Å². The highest BCUT2D eigenvalue weighted by Gasteiger charge is 2.25. The maximum atomic E-state index is 13.6. The summed E-state index contributed by atoms with van der Waals surface area (Å²) in [4.78, 5) is 27.5. The Kier molecular flexibility index (Phi) is 4.19. The smallest absolute Gasteiger partial charge is 0.250 e. The SMILES string of the molecule is Cc1ccc(-n2c[nH+]c3c(c2=O)c2nc4ccccc4nc2n3N=Cc2cccs2)cc1. The van der Waals surface area contributed by atoms with Crippen LogP contribution in [-0.2, 0) is 0 Å². The molecule has 0 radical (unpaired) electrons. The lowest BCUT2D eigenvalue weighted by Crippen LogP contribution is -2.25. The Balaban J connectivity index is 1.69. The zero-order valence-electron chi connectivity index (χ0n) is 17.1. The highest BCUT2D eigenvalue weighted by Crippen LogP contribution is 2.24. The van der Waals surface area contributed by atoms with Gasteiger partial charge in [0.2, 0.25) is 5.65 Å². The minimum Gasteiger partial charge on any atom is -0.250 e. The predicted octanol–water partition coefficient (Wildman–Crippen LogP) is 3.95. The number of aryl methyl sites for hydroxylation is 1. The molecule has 0 aliphatic heterocycles. The Morgan fingerprint density at radius 2 is 1.78 bits per heavy atom. The number of hydrogen-bond acceptors (Lipinski definition) is 5. The van der Waals surface area contributed by atoms with Crippen molar-refractivity contribution in [3.05, 3.63) is 93.2 Å². The van der Waals surface area contributed by atoms with Crippen LogP contribution in [0.3, 0.4) is 0 Å². The molecule has 0 saturated heterocycles. The van der Waals surface area contributed by atoms with Gasteiger partial charge in [0, 0.05) is 4.88 Å². The molecule has 0 amide bonds. The number of rotatable bonds is 3. The summed E-state index contributed by atoms with van der Waals surface area (Å²) in [5.74, 6) is 0. The summed E-state index contributed by atoms with van der Waals surface area (Å²) in [6.07, 6.45) is 3.42. The van der Waals surface area contributed by atoms with Gasteiger partial charge in [0.25, 0.3) is 5.65 Å². The summed E-state index contributed by atoms with van der Waals surface area (Å²) >= 11 is 1.59. The van der Waals surface area contributed by atoms with Crippen molar-refractivity contribution in [2.75, 3.05) is 0 Å². The number of nitrogens with zero attached hydrogens (tertiary/aromatic N) is 5. The summed E-state index contributed by atoms with van der Waals surface area (Å²) in [5.41, 5.74) is 4.80. The van der Waals surface area contributed by atoms with Crippen LogP contribution in [0.2, 0.25) is 0 Å². The summed E-state index contributed by atoms with van der Waals surface area (Å²) in [6, 6.07) is 19.4. The molecule has 8 heteroatoms. The third-order valence-corrected chi connectivity index (χ3v) is 6.16. The average Bonchev–Trinajstić information content (AvgIpc) is 3.43. The second-order valence-corrected chi connectivity index (χ2v) is 8.44. The lowest BCUT2D eigenvalue weighted by molar-refractivity contribution is -0.356. The van der Waals surface area contributed by atoms with E-state index in [1.807, 2.05) is 73.0 Å². The Morgan fingerprint density at radius 1 is 1.00 bits per heavy atom. The van der Waals surface area contributed by atoms with E-state index in [0.29, 0.717) is 22.2 Å². The molecule has 0 saturated carbocycles. The average molecular weight is 438 g/mol. The molecule has 0 spiro atoms. The fourth-order valence-electron chi connectivity index (χ4n) is 3.76. The maximum absolute atomic E-state index is 13.6. The molecule has 4 heterocycles. The highest BCUT2D eigenvalue weighted by atomic mass is 32.1. The number of aromatic amines is 1. The van der Waals surface area contributed by atoms with Gasteiger partial charge in [-0.15, -0.1) is 21.1 Å². The first kappa shape index (κ1) is 18.6. The molecule has 4 aromatic heterocycles. The number of aromatic nitrogens is 5. The van der Waals surface area contributed by atoms with Crippen LogP contribution in [0.15, 0.2) is 82.3 Å². The topological polar surface area (TPSA) is 79.2 Å². The van der Waals surface area contributed by atoms with Gasteiger partial charge in [-0.25, -0.2) is 19.7 Å². The van der Waals surface area contributed by atoms with Gasteiger partial charge in [0.05, 0.1) is 17.2 Å². The molecule has 0 aliphatic carbocycles. The Hall–Kier alpha value is -4.17. The predicted molar refractivity (Wildman–Crippen MR) is 127 cm³/mol. The van der Waals surface area contributed by atoms with Crippen LogP contribution in [0.25, 0.3) is 38.9 Å². The number of para-hydroxylation sites is 2. The molecule has 0 bridgehead atoms. The molecule has 0 atom stereocenters. The van der Waals surface area contributed by atoms with Crippen molar-refractivity contribution in [2.45, 2.75) is 6.92 Å². The van der Waals surface area contributed by atoms with E-state index in [2.05, 4.69) is 10.1 Å². The van der Waals surface area contributed by atoms with Crippen LogP contribution in [0.1, 0.15) is 10.4 Å². The number of benzene rings is 2. The molecular weight excluding hydrogens is 420 g/mol. The number of nitrogens with one attached hydrogen (secondary N) is 1. The van der Waals surface area contributed by atoms with E-state index in [1.165, 1.54) is 0 Å². The van der Waals surface area contributed by atoms with E-state index in [0.717, 1.165) is 27.2 Å². The van der Waals surface area contributed by atoms with E-state index >= 15 is 0 Å². The second-order valence-electron chi connectivity index (χ2n) is 7.46. The fourth-order valence-corrected chi connectivity index (χ4v) is 4.34. The standard InChI is InChI=1S/C24H16N6OS/c1-15-8-10-16(11-9-15)29-14-25-22-20(24(29)31)21-23(28-19-7-3-2-6-18(19)27-21)30(22)26-13-17-5-4-12-32-17/h2-14H,1H3/p+1. The van der Waals surface area contributed by atoms with Crippen LogP contribution in [0.5, 0.6) is 0 Å². The van der Waals surface area contributed by atoms with Crippen molar-refractivity contribution in [3.8, 4) is 5.69 Å². The molecule has 0 unspecified atom stereocenters. The van der Waals surface area contributed by atoms with Crippen LogP contribution in [0.4, 0.5) is 0 Å². The monoisotopic (exact) mass is 437 g/mol. The van der Waals surface area contributed by atoms with Crippen molar-refractivity contribution >= 4 is 50.8 Å². The third-order valence-electron chi connectivity index (χ3n) is 5.36. The Bertz CT molecular complexity index is 1700. The van der Waals surface area contributed by atoms with Gasteiger partial charge in [-0.05, 0) is 42.6 Å². The highest BCUT2D eigenvalue weighted by molar-refractivity contribution is 7.11. The van der Waals surface area contributed by atoms with Crippen molar-refractivity contribution in [1.29, 1.82) is 0 Å². The van der Waals surface area contributed by atoms with Crippen LogP contribution in [-0.4, -0.2) is 25.4 Å². The van der Waals surface area contributed by atoms with Gasteiger partial charge in [-0.1, -0.05) is 35.9 Å². The molecule has 0 fully saturated rings. The van der Waals surface area contributed by atoms with Crippen LogP contribution < -0.4 is 10.5 Å². The molecule has 7 nitrogen and oxygen atoms in total. The Morgan fingerprint density at radius 3 is 2.53 bits per heavy atom. The number of thiophene rings is 1. The molecule has 154 valence electrons. The summed E-state index contributed by atoms with van der Waals surface area (Å²) in [5, 5.41) is 7.09. The number of hydrogen-bond donors (Lipinski definition) is 0. The largest absolute Gasteiger partial charge is 0.327 e. The first-order chi connectivity index (χ1) is 15.7. The van der Waals surface area contributed by atoms with E-state index in [9.17, 15) is 4.79 Å². The second kappa shape index (κ2) is 7.21. The molecule has 2 aromatic carbocycles. The van der Waals surface area contributed by atoms with E-state index in [-0.39, 0.29) is 5.56 Å². The fraction of sp³-hybridized carbons (Fsp3) is 0.0417. The zero-order valence-corrected chi connectivity index (χ0v) is 17.9. The third kappa shape index (κ3) is 2.92. The lowest BCUT2D eigenvalue weighted by Gasteiger charge is -2.01. The van der Waals surface area contributed by atoms with Crippen molar-refractivity contribution in [3.63, 3.8) is 0 Å². The van der Waals surface area contributed by atoms with Gasteiger partial charge >= 0.3 is 5.56 Å². The van der Waals surface area contributed by atoms with E-state index in [1.54, 1.807) is 33.1 Å². The summed E-state index contributed by atoms with van der Waals surface area (Å²) < 4.78 is 3.25. The van der Waals surface area contributed by atoms with Crippen molar-refractivity contribution in [2.24, 2.45) is 5.10 Å². The van der Waals surface area contributed by atoms with Gasteiger partial charge in [0.15, 0.2) is 11.7 Å². The van der Waals surface area contributed by atoms with Gasteiger partial charge in [0.1, 0.15) is 11.2 Å². The summed E-state index contributed by atoms with van der Waals surface area (Å²) in [7, 11) is 0. The molecule has 6 aromatic rings. The first-order valence-electron chi connectivity index (χ1n) is 10.1. The van der Waals surface area contributed by atoms with Gasteiger partial charge in [-0.2, -0.15) is 4.57 Å². The molecule has 32 heavy (non-hydrogen) atoms. The number of fused-ring (bicyclic) bond motifs is 4. The Labute approximate surface area is 185 Å². The lowest BCUT2D eigenvalue weighted by atomic mass is 10.2.